The van der Waals surface area contributed by atoms with Gasteiger partial charge in [-0.3, -0.25) is 9.59 Å². The highest BCUT2D eigenvalue weighted by Gasteiger charge is 2.24. The van der Waals surface area contributed by atoms with E-state index < -0.39 is 11.8 Å². The van der Waals surface area contributed by atoms with Crippen molar-refractivity contribution in [1.82, 2.24) is 9.88 Å². The third-order valence-corrected chi connectivity index (χ3v) is 7.59. The average Bonchev–Trinajstić information content (AvgIpc) is 3.24. The number of amidine groups is 1. The summed E-state index contributed by atoms with van der Waals surface area (Å²) in [5.74, 6) is -0.684. The highest BCUT2D eigenvalue weighted by molar-refractivity contribution is 8.13. The Labute approximate surface area is 236 Å². The van der Waals surface area contributed by atoms with E-state index in [-0.39, 0.29) is 37.7 Å². The fraction of sp³-hybridized carbons (Fsp3) is 0.174. The van der Waals surface area contributed by atoms with E-state index in [0.717, 1.165) is 11.3 Å². The van der Waals surface area contributed by atoms with Gasteiger partial charge in [-0.05, 0) is 29.8 Å². The lowest BCUT2D eigenvalue weighted by molar-refractivity contribution is 0.102. The Kier molecular flexibility index (Phi) is 10.0. The van der Waals surface area contributed by atoms with Crippen molar-refractivity contribution in [3.8, 4) is 11.9 Å². The van der Waals surface area contributed by atoms with Gasteiger partial charge < -0.3 is 20.3 Å². The lowest BCUT2D eigenvalue weighted by atomic mass is 10.1. The number of benzene rings is 1. The molecule has 9 nitrogen and oxygen atoms in total. The smallest absolute Gasteiger partial charge is 0.267 e. The summed E-state index contributed by atoms with van der Waals surface area (Å²) in [6.45, 7) is 0.329. The molecule has 0 aliphatic heterocycles. The summed E-state index contributed by atoms with van der Waals surface area (Å²) in [6, 6.07) is 5.99. The van der Waals surface area contributed by atoms with E-state index in [2.05, 4.69) is 20.6 Å². The van der Waals surface area contributed by atoms with Gasteiger partial charge in [0, 0.05) is 36.4 Å². The molecule has 2 N–H and O–H groups in total. The zero-order valence-electron chi connectivity index (χ0n) is 19.6. The van der Waals surface area contributed by atoms with E-state index in [1.165, 1.54) is 43.3 Å². The normalized spacial score (nSPS) is 11.0. The molecular weight excluding hydrogens is 579 g/mol. The number of aliphatic imine (C=N–C) groups is 1. The van der Waals surface area contributed by atoms with Gasteiger partial charge in [-0.1, -0.05) is 46.6 Å². The predicted octanol–water partition coefficient (Wildman–Crippen LogP) is 6.25. The number of hydrogen-bond acceptors (Lipinski definition) is 8. The van der Waals surface area contributed by atoms with Gasteiger partial charge in [-0.2, -0.15) is 5.26 Å². The van der Waals surface area contributed by atoms with Crippen LogP contribution in [-0.2, 0) is 6.54 Å². The van der Waals surface area contributed by atoms with Crippen molar-refractivity contribution >= 4 is 86.4 Å². The van der Waals surface area contributed by atoms with Crippen LogP contribution in [0.4, 0.5) is 11.5 Å². The minimum Gasteiger partial charge on any atom is -0.494 e. The maximum absolute atomic E-state index is 13.2. The molecule has 2 amide bonds. The highest BCUT2D eigenvalue weighted by Crippen LogP contribution is 2.35. The van der Waals surface area contributed by atoms with Gasteiger partial charge in [-0.15, -0.1) is 16.3 Å². The number of amides is 2. The monoisotopic (exact) mass is 596 g/mol. The van der Waals surface area contributed by atoms with Crippen molar-refractivity contribution in [3.05, 3.63) is 66.9 Å². The van der Waals surface area contributed by atoms with Crippen LogP contribution in [0, 0.1) is 11.5 Å². The van der Waals surface area contributed by atoms with Crippen LogP contribution in [0.2, 0.25) is 15.1 Å². The molecule has 1 aromatic carbocycles. The molecule has 0 bridgehead atoms. The van der Waals surface area contributed by atoms with Crippen LogP contribution < -0.4 is 15.4 Å². The Hall–Kier alpha value is -3.01. The third-order valence-electron chi connectivity index (χ3n) is 4.81. The van der Waals surface area contributed by atoms with Crippen molar-refractivity contribution in [2.24, 2.45) is 4.99 Å². The number of nitrogens with zero attached hydrogens (tertiary/aromatic N) is 4. The van der Waals surface area contributed by atoms with Gasteiger partial charge in [0.1, 0.15) is 16.4 Å². The molecule has 2 aromatic heterocycles. The number of carbonyl (C=O) groups is 2. The second-order valence-corrected chi connectivity index (χ2v) is 10.2. The molecule has 3 aromatic rings. The van der Waals surface area contributed by atoms with Crippen molar-refractivity contribution in [2.75, 3.05) is 31.0 Å². The number of ether oxygens (including phenoxy) is 1. The van der Waals surface area contributed by atoms with Crippen LogP contribution in [0.1, 0.15) is 25.6 Å². The number of pyridine rings is 1. The molecule has 0 aliphatic carbocycles. The van der Waals surface area contributed by atoms with Crippen LogP contribution in [0.3, 0.4) is 0 Å². The van der Waals surface area contributed by atoms with Crippen molar-refractivity contribution < 1.29 is 14.3 Å². The summed E-state index contributed by atoms with van der Waals surface area (Å²) in [7, 11) is 3.15. The largest absolute Gasteiger partial charge is 0.494 e. The fourth-order valence-corrected chi connectivity index (χ4v) is 5.22. The van der Waals surface area contributed by atoms with Gasteiger partial charge in [0.15, 0.2) is 5.17 Å². The number of halogens is 3. The first kappa shape index (κ1) is 28.6. The lowest BCUT2D eigenvalue weighted by Gasteiger charge is -2.18. The zero-order valence-corrected chi connectivity index (χ0v) is 23.5. The molecule has 0 fully saturated rings. The number of carbonyl (C=O) groups excluding carboxylic acids is 2. The highest BCUT2D eigenvalue weighted by atomic mass is 35.5. The number of anilines is 2. The maximum Gasteiger partial charge on any atom is 0.267 e. The third kappa shape index (κ3) is 7.06. The topological polar surface area (TPSA) is 120 Å². The lowest BCUT2D eigenvalue weighted by Crippen LogP contribution is -2.23. The molecule has 0 unspecified atom stereocenters. The zero-order chi connectivity index (χ0) is 27.1. The molecule has 0 spiro atoms. The summed E-state index contributed by atoms with van der Waals surface area (Å²) in [4.78, 5) is 36.1. The van der Waals surface area contributed by atoms with Gasteiger partial charge >= 0.3 is 0 Å². The molecular formula is C23H19Cl3N6O3S2. The van der Waals surface area contributed by atoms with E-state index in [4.69, 9.17) is 44.8 Å². The van der Waals surface area contributed by atoms with Crippen LogP contribution in [0.15, 0.2) is 40.8 Å². The number of methoxy groups -OCH3 is 1. The second-order valence-electron chi connectivity index (χ2n) is 7.26. The minimum absolute atomic E-state index is 0.0550. The second kappa shape index (κ2) is 13.0. The quantitative estimate of drug-likeness (QED) is 0.188. The first-order valence-electron chi connectivity index (χ1n) is 10.3. The van der Waals surface area contributed by atoms with E-state index in [0.29, 0.717) is 22.3 Å². The molecule has 3 rings (SSSR count). The number of nitrogens with one attached hydrogen (secondary N) is 2. The summed E-state index contributed by atoms with van der Waals surface area (Å²) >= 11 is 21.0. The Bertz CT molecular complexity index is 1390. The van der Waals surface area contributed by atoms with Crippen LogP contribution in [0.5, 0.6) is 5.75 Å². The Morgan fingerprint density at radius 3 is 2.59 bits per heavy atom. The number of aromatic nitrogens is 1. The Morgan fingerprint density at radius 1 is 1.22 bits per heavy atom. The SMILES string of the molecule is COc1cc(Cl)cc(C(=O)Nc2ccc(Cl)cn2)c1NC(=O)c1scc(CN(C)C(=NC#N)SC)c1Cl. The molecule has 14 heteroatoms. The van der Waals surface area contributed by atoms with Crippen LogP contribution in [0.25, 0.3) is 0 Å². The molecule has 37 heavy (non-hydrogen) atoms. The Morgan fingerprint density at radius 2 is 1.97 bits per heavy atom. The van der Waals surface area contributed by atoms with Crippen molar-refractivity contribution in [1.29, 1.82) is 5.26 Å². The summed E-state index contributed by atoms with van der Waals surface area (Å²) in [5.41, 5.74) is 0.839. The van der Waals surface area contributed by atoms with E-state index in [1.54, 1.807) is 35.8 Å². The first-order valence-corrected chi connectivity index (χ1v) is 13.5. The average molecular weight is 598 g/mol. The number of hydrogen-bond donors (Lipinski definition) is 2. The van der Waals surface area contributed by atoms with Crippen molar-refractivity contribution in [2.45, 2.75) is 6.54 Å². The van der Waals surface area contributed by atoms with Gasteiger partial charge in [-0.25, -0.2) is 4.98 Å². The Balaban J connectivity index is 1.89. The summed E-state index contributed by atoms with van der Waals surface area (Å²) < 4.78 is 5.38. The van der Waals surface area contributed by atoms with Crippen molar-refractivity contribution in [3.63, 3.8) is 0 Å². The summed E-state index contributed by atoms with van der Waals surface area (Å²) in [5, 5.41) is 17.4. The molecule has 0 saturated heterocycles. The number of nitriles is 1. The maximum atomic E-state index is 13.2. The molecule has 0 aliphatic rings. The molecule has 2 heterocycles. The van der Waals surface area contributed by atoms with Gasteiger partial charge in [0.05, 0.1) is 28.4 Å². The van der Waals surface area contributed by atoms with Gasteiger partial charge in [0.25, 0.3) is 11.8 Å². The van der Waals surface area contributed by atoms with E-state index in [1.807, 2.05) is 0 Å². The van der Waals surface area contributed by atoms with E-state index in [9.17, 15) is 9.59 Å². The molecule has 192 valence electrons. The summed E-state index contributed by atoms with van der Waals surface area (Å²) in [6.07, 6.45) is 4.96. The first-order chi connectivity index (χ1) is 17.7. The molecule has 0 saturated carbocycles. The molecule has 0 atom stereocenters. The standard InChI is InChI=1S/C23H19Cl3N6O3S2/c1-32(23(36-3)29-11-27)9-12-10-37-20(18(12)26)22(34)31-19-15(6-14(25)7-16(19)35-2)21(33)30-17-5-4-13(24)8-28-17/h4-8,10H,9H2,1-3H3,(H,31,34)(H,28,30,33). The minimum atomic E-state index is -0.577. The van der Waals surface area contributed by atoms with Crippen LogP contribution in [-0.4, -0.2) is 47.3 Å². The van der Waals surface area contributed by atoms with E-state index >= 15 is 0 Å². The number of rotatable bonds is 7. The molecule has 0 radical (unpaired) electrons. The number of thiophene rings is 1. The predicted molar refractivity (Wildman–Crippen MR) is 151 cm³/mol. The van der Waals surface area contributed by atoms with Gasteiger partial charge in [0.2, 0.25) is 6.19 Å². The van der Waals surface area contributed by atoms with Crippen LogP contribution >= 0.6 is 57.9 Å². The number of thioether (sulfide) groups is 1. The fourth-order valence-electron chi connectivity index (χ4n) is 3.15.